The molecule has 2 bridgehead atoms. The van der Waals surface area contributed by atoms with E-state index in [1.165, 1.54) is 19.3 Å². The van der Waals surface area contributed by atoms with E-state index in [2.05, 4.69) is 10.9 Å². The Morgan fingerprint density at radius 3 is 1.71 bits per heavy atom. The van der Waals surface area contributed by atoms with Crippen LogP contribution in [-0.2, 0) is 0 Å². The predicted octanol–water partition coefficient (Wildman–Crippen LogP) is 0.0153. The van der Waals surface area contributed by atoms with Gasteiger partial charge in [-0.25, -0.2) is 0 Å². The van der Waals surface area contributed by atoms with Crippen LogP contribution in [0.1, 0.15) is 19.3 Å². The first-order chi connectivity index (χ1) is 3.45. The summed E-state index contributed by atoms with van der Waals surface area (Å²) in [5, 5.41) is 0. The number of rotatable bonds is 0. The third-order valence-corrected chi connectivity index (χ3v) is 1.92. The molecule has 2 N–H and O–H groups in total. The molecule has 0 radical (unpaired) electrons. The first kappa shape index (κ1) is 3.87. The van der Waals surface area contributed by atoms with Crippen LogP contribution in [0.5, 0.6) is 0 Å². The van der Waals surface area contributed by atoms with Crippen molar-refractivity contribution in [1.82, 2.24) is 10.9 Å². The largest absolute Gasteiger partial charge is 0.254 e. The van der Waals surface area contributed by atoms with Crippen molar-refractivity contribution < 1.29 is 0 Å². The molecule has 1 aliphatic carbocycles. The van der Waals surface area contributed by atoms with Crippen LogP contribution in [0, 0.1) is 0 Å². The molecule has 2 rings (SSSR count). The summed E-state index contributed by atoms with van der Waals surface area (Å²) in [5.74, 6) is 0. The highest BCUT2D eigenvalue weighted by Gasteiger charge is 2.29. The van der Waals surface area contributed by atoms with Crippen LogP contribution >= 0.6 is 0 Å². The van der Waals surface area contributed by atoms with Gasteiger partial charge >= 0.3 is 0 Å². The van der Waals surface area contributed by atoms with Gasteiger partial charge in [0.15, 0.2) is 0 Å². The van der Waals surface area contributed by atoms with E-state index >= 15 is 0 Å². The number of hydrogen-bond acceptors (Lipinski definition) is 2. The summed E-state index contributed by atoms with van der Waals surface area (Å²) in [5.41, 5.74) is 6.41. The Labute approximate surface area is 43.3 Å². The minimum absolute atomic E-state index is 0.810. The molecule has 2 nitrogen and oxygen atoms in total. The molecule has 1 saturated heterocycles. The highest BCUT2D eigenvalue weighted by atomic mass is 15.4. The lowest BCUT2D eigenvalue weighted by Crippen LogP contribution is -2.37. The lowest BCUT2D eigenvalue weighted by atomic mass is 10.3. The van der Waals surface area contributed by atoms with Gasteiger partial charge in [0.25, 0.3) is 0 Å². The normalized spacial score (nSPS) is 48.0. The molecule has 2 atom stereocenters. The zero-order chi connectivity index (χ0) is 4.69. The van der Waals surface area contributed by atoms with E-state index in [9.17, 15) is 0 Å². The highest BCUT2D eigenvalue weighted by Crippen LogP contribution is 2.22. The molecule has 2 fully saturated rings. The Balaban J connectivity index is 2.12. The lowest BCUT2D eigenvalue weighted by molar-refractivity contribution is 0.437. The smallest absolute Gasteiger partial charge is 0.0228 e. The molecule has 1 saturated carbocycles. The average Bonchev–Trinajstić information content (AvgIpc) is 2.22. The van der Waals surface area contributed by atoms with E-state index in [1.807, 2.05) is 0 Å². The Hall–Kier alpha value is -0.0800. The van der Waals surface area contributed by atoms with Gasteiger partial charge in [-0.05, 0) is 19.3 Å². The molecule has 1 aliphatic heterocycles. The van der Waals surface area contributed by atoms with Crippen LogP contribution in [0.2, 0.25) is 0 Å². The van der Waals surface area contributed by atoms with Crippen LogP contribution in [-0.4, -0.2) is 12.1 Å². The zero-order valence-electron chi connectivity index (χ0n) is 4.28. The van der Waals surface area contributed by atoms with Crippen molar-refractivity contribution in [2.24, 2.45) is 0 Å². The summed E-state index contributed by atoms with van der Waals surface area (Å²) in [4.78, 5) is 0. The molecule has 40 valence electrons. The molecule has 0 aromatic rings. The van der Waals surface area contributed by atoms with Gasteiger partial charge in [-0.3, -0.25) is 10.9 Å². The zero-order valence-corrected chi connectivity index (χ0v) is 4.28. The summed E-state index contributed by atoms with van der Waals surface area (Å²) in [6, 6.07) is 1.62. The molecule has 0 unspecified atom stereocenters. The second-order valence-corrected chi connectivity index (χ2v) is 2.50. The van der Waals surface area contributed by atoms with Gasteiger partial charge < -0.3 is 0 Å². The summed E-state index contributed by atoms with van der Waals surface area (Å²) in [6.07, 6.45) is 4.13. The summed E-state index contributed by atoms with van der Waals surface area (Å²) in [7, 11) is 0. The number of fused-ring (bicyclic) bond motifs is 2. The second-order valence-electron chi connectivity index (χ2n) is 2.50. The fourth-order valence-electron chi connectivity index (χ4n) is 1.48. The van der Waals surface area contributed by atoms with Crippen molar-refractivity contribution in [3.05, 3.63) is 0 Å². The summed E-state index contributed by atoms with van der Waals surface area (Å²) >= 11 is 0. The monoisotopic (exact) mass is 98.1 g/mol. The van der Waals surface area contributed by atoms with E-state index in [1.54, 1.807) is 0 Å². The summed E-state index contributed by atoms with van der Waals surface area (Å²) < 4.78 is 0. The van der Waals surface area contributed by atoms with Crippen LogP contribution in [0.25, 0.3) is 0 Å². The molecular weight excluding hydrogens is 88.1 g/mol. The van der Waals surface area contributed by atoms with E-state index < -0.39 is 0 Å². The van der Waals surface area contributed by atoms with Crippen molar-refractivity contribution in [3.8, 4) is 0 Å². The topological polar surface area (TPSA) is 24.1 Å². The van der Waals surface area contributed by atoms with E-state index in [0.717, 1.165) is 12.1 Å². The maximum Gasteiger partial charge on any atom is 0.0228 e. The SMILES string of the molecule is C1C[C@H]2C[C@H]1NN2. The molecule has 1 heterocycles. The Kier molecular flexibility index (Phi) is 0.664. The van der Waals surface area contributed by atoms with Crippen LogP contribution < -0.4 is 10.9 Å². The van der Waals surface area contributed by atoms with Crippen LogP contribution in [0.3, 0.4) is 0 Å². The van der Waals surface area contributed by atoms with Crippen LogP contribution in [0.4, 0.5) is 0 Å². The number of hydrazine groups is 1. The third kappa shape index (κ3) is 0.469. The number of nitrogens with one attached hydrogen (secondary N) is 2. The molecular formula is C5H10N2. The Bertz CT molecular complexity index is 64.1. The van der Waals surface area contributed by atoms with Gasteiger partial charge in [-0.15, -0.1) is 0 Å². The molecule has 2 aliphatic rings. The Morgan fingerprint density at radius 2 is 1.57 bits per heavy atom. The quantitative estimate of drug-likeness (QED) is 0.446. The van der Waals surface area contributed by atoms with E-state index in [4.69, 9.17) is 0 Å². The molecule has 0 aromatic carbocycles. The highest BCUT2D eigenvalue weighted by molar-refractivity contribution is 4.89. The van der Waals surface area contributed by atoms with E-state index in [-0.39, 0.29) is 0 Å². The van der Waals surface area contributed by atoms with Crippen molar-refractivity contribution in [2.45, 2.75) is 31.3 Å². The summed E-state index contributed by atoms with van der Waals surface area (Å²) in [6.45, 7) is 0. The van der Waals surface area contributed by atoms with E-state index in [0.29, 0.717) is 0 Å². The fraction of sp³-hybridized carbons (Fsp3) is 1.00. The minimum atomic E-state index is 0.810. The van der Waals surface area contributed by atoms with Gasteiger partial charge in [0, 0.05) is 12.1 Å². The van der Waals surface area contributed by atoms with Crippen molar-refractivity contribution in [1.29, 1.82) is 0 Å². The van der Waals surface area contributed by atoms with Crippen LogP contribution in [0.15, 0.2) is 0 Å². The maximum atomic E-state index is 3.21. The van der Waals surface area contributed by atoms with Gasteiger partial charge in [-0.1, -0.05) is 0 Å². The van der Waals surface area contributed by atoms with Gasteiger partial charge in [-0.2, -0.15) is 0 Å². The second kappa shape index (κ2) is 1.20. The molecule has 0 spiro atoms. The van der Waals surface area contributed by atoms with Crippen molar-refractivity contribution in [3.63, 3.8) is 0 Å². The van der Waals surface area contributed by atoms with Gasteiger partial charge in [0.05, 0.1) is 0 Å². The Morgan fingerprint density at radius 1 is 1.00 bits per heavy atom. The molecule has 0 aromatic heterocycles. The molecule has 0 amide bonds. The van der Waals surface area contributed by atoms with Crippen molar-refractivity contribution in [2.75, 3.05) is 0 Å². The molecule has 2 heteroatoms. The first-order valence-electron chi connectivity index (χ1n) is 2.96. The average molecular weight is 98.1 g/mol. The van der Waals surface area contributed by atoms with Gasteiger partial charge in [0.1, 0.15) is 0 Å². The first-order valence-corrected chi connectivity index (χ1v) is 2.96. The predicted molar refractivity (Wildman–Crippen MR) is 27.7 cm³/mol. The van der Waals surface area contributed by atoms with Gasteiger partial charge in [0.2, 0.25) is 0 Å². The maximum absolute atomic E-state index is 3.21. The molecule has 7 heavy (non-hydrogen) atoms. The fourth-order valence-corrected chi connectivity index (χ4v) is 1.48. The standard InChI is InChI=1S/C5H10N2/c1-2-5-3-4(1)6-7-5/h4-7H,1-3H2/t4-,5-/m0/s1. The lowest BCUT2D eigenvalue weighted by Gasteiger charge is -2.10. The minimum Gasteiger partial charge on any atom is -0.254 e. The van der Waals surface area contributed by atoms with Crippen molar-refractivity contribution >= 4 is 0 Å². The third-order valence-electron chi connectivity index (χ3n) is 1.92. The number of hydrogen-bond donors (Lipinski definition) is 2.